The predicted octanol–water partition coefficient (Wildman–Crippen LogP) is 6.07. The van der Waals surface area contributed by atoms with E-state index in [0.717, 1.165) is 38.8 Å². The van der Waals surface area contributed by atoms with E-state index in [2.05, 4.69) is 11.9 Å². The van der Waals surface area contributed by atoms with E-state index in [-0.39, 0.29) is 5.91 Å². The lowest BCUT2D eigenvalue weighted by atomic mass is 10.0. The van der Waals surface area contributed by atoms with E-state index in [1.54, 1.807) is 30.5 Å². The van der Waals surface area contributed by atoms with Gasteiger partial charge < -0.3 is 10.1 Å². The maximum atomic E-state index is 13.4. The summed E-state index contributed by atoms with van der Waals surface area (Å²) in [5.74, 6) is 0.536. The normalized spacial score (nSPS) is 12.2. The minimum atomic E-state index is -0.216. The molecule has 6 nitrogen and oxygen atoms in total. The van der Waals surface area contributed by atoms with Gasteiger partial charge in [0.1, 0.15) is 5.75 Å². The Morgan fingerprint density at radius 1 is 1.00 bits per heavy atom. The van der Waals surface area contributed by atoms with Crippen molar-refractivity contribution in [1.29, 1.82) is 0 Å². The van der Waals surface area contributed by atoms with Crippen LogP contribution in [0.15, 0.2) is 115 Å². The first-order valence-electron chi connectivity index (χ1n) is 11.5. The van der Waals surface area contributed by atoms with Crippen LogP contribution in [-0.2, 0) is 0 Å². The fourth-order valence-electron chi connectivity index (χ4n) is 3.82. The lowest BCUT2D eigenvalue weighted by Gasteiger charge is -2.15. The van der Waals surface area contributed by atoms with Crippen molar-refractivity contribution in [3.05, 3.63) is 121 Å². The third-order valence-electron chi connectivity index (χ3n) is 5.78. The summed E-state index contributed by atoms with van der Waals surface area (Å²) in [5, 5.41) is 11.0. The molecular formula is C30H28N4O2. The van der Waals surface area contributed by atoms with Crippen molar-refractivity contribution in [2.45, 2.75) is 6.92 Å². The van der Waals surface area contributed by atoms with Crippen LogP contribution in [0.3, 0.4) is 0 Å². The van der Waals surface area contributed by atoms with E-state index in [0.29, 0.717) is 11.3 Å². The standard InChI is InChI=1S/C30H28N4O2/c1-5-10-21(2)34(3)33-26(22-15-17-23(36-4)18-16-22)19-20-31-30(35)29-24-11-6-8-13-27(24)32-28-14-9-7-12-25(28)29/h5-20H,1H2,2-4H3,(H,31,35)/b20-19+,21-10+,33-26+. The molecule has 0 radical (unpaired) electrons. The lowest BCUT2D eigenvalue weighted by Crippen LogP contribution is -2.19. The third-order valence-corrected chi connectivity index (χ3v) is 5.78. The highest BCUT2D eigenvalue weighted by Gasteiger charge is 2.15. The van der Waals surface area contributed by atoms with Crippen molar-refractivity contribution < 1.29 is 9.53 Å². The Hall–Kier alpha value is -4.71. The van der Waals surface area contributed by atoms with Crippen molar-refractivity contribution in [2.75, 3.05) is 14.2 Å². The molecule has 1 heterocycles. The summed E-state index contributed by atoms with van der Waals surface area (Å²) >= 11 is 0. The first-order chi connectivity index (χ1) is 17.5. The minimum Gasteiger partial charge on any atom is -0.497 e. The Kier molecular flexibility index (Phi) is 7.56. The third kappa shape index (κ3) is 5.33. The Labute approximate surface area is 210 Å². The number of pyridine rings is 1. The van der Waals surface area contributed by atoms with Gasteiger partial charge in [-0.3, -0.25) is 9.80 Å². The van der Waals surface area contributed by atoms with E-state index in [1.807, 2.05) is 92.8 Å². The summed E-state index contributed by atoms with van der Waals surface area (Å²) in [4.78, 5) is 18.1. The number of rotatable bonds is 8. The average Bonchev–Trinajstić information content (AvgIpc) is 2.91. The number of para-hydroxylation sites is 2. The van der Waals surface area contributed by atoms with Crippen molar-refractivity contribution in [3.8, 4) is 5.75 Å². The highest BCUT2D eigenvalue weighted by atomic mass is 16.5. The summed E-state index contributed by atoms with van der Waals surface area (Å²) in [5.41, 5.74) is 4.60. The van der Waals surface area contributed by atoms with Crippen LogP contribution >= 0.6 is 0 Å². The molecule has 0 saturated heterocycles. The number of carbonyl (C=O) groups excluding carboxylic acids is 1. The van der Waals surface area contributed by atoms with Gasteiger partial charge in [0.15, 0.2) is 0 Å². The van der Waals surface area contributed by atoms with Gasteiger partial charge in [-0.2, -0.15) is 5.10 Å². The Morgan fingerprint density at radius 2 is 1.61 bits per heavy atom. The molecule has 0 aliphatic heterocycles. The summed E-state index contributed by atoms with van der Waals surface area (Å²) in [7, 11) is 3.49. The molecule has 0 aliphatic carbocycles. The molecule has 4 rings (SSSR count). The number of amides is 1. The zero-order valence-corrected chi connectivity index (χ0v) is 20.6. The van der Waals surface area contributed by atoms with Crippen LogP contribution in [0.4, 0.5) is 0 Å². The molecule has 0 atom stereocenters. The maximum absolute atomic E-state index is 13.4. The van der Waals surface area contributed by atoms with Gasteiger partial charge in [0.25, 0.3) is 5.91 Å². The molecule has 4 aromatic rings. The second kappa shape index (κ2) is 11.1. The van der Waals surface area contributed by atoms with Crippen molar-refractivity contribution in [3.63, 3.8) is 0 Å². The molecule has 0 unspecified atom stereocenters. The number of carbonyl (C=O) groups is 1. The zero-order valence-electron chi connectivity index (χ0n) is 20.6. The topological polar surface area (TPSA) is 66.8 Å². The molecule has 3 aromatic carbocycles. The number of ether oxygens (including phenoxy) is 1. The number of hydrazone groups is 1. The van der Waals surface area contributed by atoms with Gasteiger partial charge in [0, 0.05) is 35.3 Å². The predicted molar refractivity (Wildman–Crippen MR) is 147 cm³/mol. The molecule has 6 heteroatoms. The van der Waals surface area contributed by atoms with Crippen molar-refractivity contribution >= 4 is 33.4 Å². The van der Waals surface area contributed by atoms with E-state index in [1.165, 1.54) is 0 Å². The molecule has 0 aliphatic rings. The van der Waals surface area contributed by atoms with Crippen LogP contribution < -0.4 is 10.1 Å². The SMILES string of the molecule is C=C/C=C(\C)N(C)/N=C(\C=C\NC(=O)c1c2ccccc2nc2ccccc12)c1ccc(OC)cc1. The van der Waals surface area contributed by atoms with Crippen molar-refractivity contribution in [1.82, 2.24) is 15.3 Å². The number of methoxy groups -OCH3 is 1. The number of nitrogens with zero attached hydrogens (tertiary/aromatic N) is 3. The van der Waals surface area contributed by atoms with Crippen LogP contribution in [0.25, 0.3) is 21.8 Å². The second-order valence-corrected chi connectivity index (χ2v) is 8.11. The molecule has 1 N–H and O–H groups in total. The largest absolute Gasteiger partial charge is 0.497 e. The van der Waals surface area contributed by atoms with Crippen molar-refractivity contribution in [2.24, 2.45) is 5.10 Å². The molecule has 0 saturated carbocycles. The number of benzene rings is 3. The highest BCUT2D eigenvalue weighted by Crippen LogP contribution is 2.25. The van der Waals surface area contributed by atoms with Crippen LogP contribution in [0.1, 0.15) is 22.8 Å². The molecule has 0 spiro atoms. The molecule has 0 fully saturated rings. The smallest absolute Gasteiger partial charge is 0.256 e. The van der Waals surface area contributed by atoms with E-state index < -0.39 is 0 Å². The lowest BCUT2D eigenvalue weighted by molar-refractivity contribution is 0.0973. The maximum Gasteiger partial charge on any atom is 0.256 e. The number of hydrogen-bond donors (Lipinski definition) is 1. The van der Waals surface area contributed by atoms with Crippen LogP contribution in [0.2, 0.25) is 0 Å². The first kappa shape index (κ1) is 24.4. The first-order valence-corrected chi connectivity index (χ1v) is 11.5. The molecular weight excluding hydrogens is 448 g/mol. The number of hydrogen-bond acceptors (Lipinski definition) is 5. The quantitative estimate of drug-likeness (QED) is 0.145. The molecule has 1 amide bonds. The number of aromatic nitrogens is 1. The van der Waals surface area contributed by atoms with Gasteiger partial charge in [0.2, 0.25) is 0 Å². The summed E-state index contributed by atoms with van der Waals surface area (Å²) in [6.07, 6.45) is 6.99. The van der Waals surface area contributed by atoms with Crippen LogP contribution in [0, 0.1) is 0 Å². The fourth-order valence-corrected chi connectivity index (χ4v) is 3.82. The minimum absolute atomic E-state index is 0.216. The summed E-state index contributed by atoms with van der Waals surface area (Å²) in [6.45, 7) is 5.70. The second-order valence-electron chi connectivity index (χ2n) is 8.11. The average molecular weight is 477 g/mol. The van der Waals surface area contributed by atoms with Gasteiger partial charge in [-0.05, 0) is 55.5 Å². The summed E-state index contributed by atoms with van der Waals surface area (Å²) < 4.78 is 5.28. The zero-order chi connectivity index (χ0) is 25.5. The van der Waals surface area contributed by atoms with E-state index in [9.17, 15) is 4.79 Å². The van der Waals surface area contributed by atoms with E-state index in [4.69, 9.17) is 14.8 Å². The molecule has 36 heavy (non-hydrogen) atoms. The van der Waals surface area contributed by atoms with E-state index >= 15 is 0 Å². The number of nitrogens with one attached hydrogen (secondary N) is 1. The van der Waals surface area contributed by atoms with Crippen LogP contribution in [0.5, 0.6) is 5.75 Å². The van der Waals surface area contributed by atoms with Gasteiger partial charge in [0.05, 0.1) is 29.4 Å². The Balaban J connectivity index is 1.68. The van der Waals surface area contributed by atoms with Crippen LogP contribution in [-0.4, -0.2) is 35.8 Å². The fraction of sp³-hybridized carbons (Fsp3) is 0.100. The number of allylic oxidation sites excluding steroid dienone is 4. The Morgan fingerprint density at radius 3 is 2.19 bits per heavy atom. The van der Waals surface area contributed by atoms with Gasteiger partial charge >= 0.3 is 0 Å². The van der Waals surface area contributed by atoms with Gasteiger partial charge in [-0.25, -0.2) is 4.98 Å². The molecule has 0 bridgehead atoms. The Bertz CT molecular complexity index is 1450. The molecule has 1 aromatic heterocycles. The molecule has 180 valence electrons. The summed E-state index contributed by atoms with van der Waals surface area (Å²) in [6, 6.07) is 22.9. The highest BCUT2D eigenvalue weighted by molar-refractivity contribution is 6.16. The van der Waals surface area contributed by atoms with Gasteiger partial charge in [-0.1, -0.05) is 49.1 Å². The monoisotopic (exact) mass is 476 g/mol. The van der Waals surface area contributed by atoms with Gasteiger partial charge in [-0.15, -0.1) is 0 Å². The number of fused-ring (bicyclic) bond motifs is 2.